The summed E-state index contributed by atoms with van der Waals surface area (Å²) in [5.41, 5.74) is 1.12. The smallest absolute Gasteiger partial charge is 0.339 e. The summed E-state index contributed by atoms with van der Waals surface area (Å²) in [6, 6.07) is 1.75. The van der Waals surface area contributed by atoms with E-state index in [1.54, 1.807) is 12.3 Å². The first-order valence-electron chi connectivity index (χ1n) is 6.07. The molecule has 1 aliphatic carbocycles. The van der Waals surface area contributed by atoms with Crippen molar-refractivity contribution in [1.29, 1.82) is 0 Å². The summed E-state index contributed by atoms with van der Waals surface area (Å²) in [4.78, 5) is 17.6. The molecule has 1 aromatic rings. The normalized spacial score (nSPS) is 14.7. The number of carbonyl (C=O) groups is 1. The predicted octanol–water partition coefficient (Wildman–Crippen LogP) is 2.32. The number of carboxylic acid groups (broad SMARTS) is 1. The van der Waals surface area contributed by atoms with Crippen molar-refractivity contribution < 1.29 is 9.90 Å². The molecule has 1 N–H and O–H groups in total. The average molecular weight is 234 g/mol. The van der Waals surface area contributed by atoms with Crippen molar-refractivity contribution >= 4 is 11.8 Å². The molecule has 4 nitrogen and oxygen atoms in total. The van der Waals surface area contributed by atoms with Crippen LogP contribution in [0.3, 0.4) is 0 Å². The Morgan fingerprint density at radius 3 is 2.82 bits per heavy atom. The molecule has 0 saturated heterocycles. The van der Waals surface area contributed by atoms with Gasteiger partial charge in [-0.15, -0.1) is 0 Å². The second kappa shape index (κ2) is 4.73. The Morgan fingerprint density at radius 1 is 1.59 bits per heavy atom. The number of carboxylic acids is 1. The number of aromatic nitrogens is 1. The Hall–Kier alpha value is -1.58. The molecule has 0 aromatic carbocycles. The Labute approximate surface area is 101 Å². The maximum absolute atomic E-state index is 11.3. The van der Waals surface area contributed by atoms with E-state index in [1.807, 2.05) is 13.8 Å². The molecular weight excluding hydrogens is 216 g/mol. The van der Waals surface area contributed by atoms with Crippen LogP contribution >= 0.6 is 0 Å². The van der Waals surface area contributed by atoms with Crippen molar-refractivity contribution in [2.45, 2.75) is 26.7 Å². The molecule has 17 heavy (non-hydrogen) atoms. The standard InChI is InChI=1S/C13H18N2O2/c1-3-15(8-10-4-5-10)12-11(13(16)17)9(2)6-7-14-12/h6-7,10H,3-5,8H2,1-2H3,(H,16,17). The molecule has 1 heterocycles. The molecule has 1 saturated carbocycles. The summed E-state index contributed by atoms with van der Waals surface area (Å²) in [5.74, 6) is 0.450. The van der Waals surface area contributed by atoms with Crippen LogP contribution in [-0.2, 0) is 0 Å². The number of hydrogen-bond acceptors (Lipinski definition) is 3. The van der Waals surface area contributed by atoms with E-state index in [4.69, 9.17) is 0 Å². The van der Waals surface area contributed by atoms with E-state index in [0.717, 1.165) is 24.6 Å². The summed E-state index contributed by atoms with van der Waals surface area (Å²) < 4.78 is 0. The minimum Gasteiger partial charge on any atom is -0.478 e. The minimum absolute atomic E-state index is 0.343. The van der Waals surface area contributed by atoms with E-state index in [9.17, 15) is 9.90 Å². The van der Waals surface area contributed by atoms with Gasteiger partial charge in [0, 0.05) is 19.3 Å². The maximum Gasteiger partial charge on any atom is 0.339 e. The number of nitrogens with zero attached hydrogens (tertiary/aromatic N) is 2. The van der Waals surface area contributed by atoms with Crippen molar-refractivity contribution in [1.82, 2.24) is 4.98 Å². The zero-order chi connectivity index (χ0) is 12.4. The molecule has 0 bridgehead atoms. The lowest BCUT2D eigenvalue weighted by Gasteiger charge is -2.23. The summed E-state index contributed by atoms with van der Waals surface area (Å²) in [5, 5.41) is 9.27. The van der Waals surface area contributed by atoms with Crippen molar-refractivity contribution in [3.63, 3.8) is 0 Å². The zero-order valence-corrected chi connectivity index (χ0v) is 10.3. The first-order valence-corrected chi connectivity index (χ1v) is 6.07. The van der Waals surface area contributed by atoms with Gasteiger partial charge in [0.2, 0.25) is 0 Å². The van der Waals surface area contributed by atoms with Crippen LogP contribution in [0.25, 0.3) is 0 Å². The molecule has 0 amide bonds. The van der Waals surface area contributed by atoms with E-state index in [0.29, 0.717) is 11.4 Å². The fraction of sp³-hybridized carbons (Fsp3) is 0.538. The van der Waals surface area contributed by atoms with Crippen molar-refractivity contribution in [2.75, 3.05) is 18.0 Å². The first kappa shape index (κ1) is 11.9. The topological polar surface area (TPSA) is 53.4 Å². The van der Waals surface area contributed by atoms with Crippen LogP contribution in [0.1, 0.15) is 35.7 Å². The van der Waals surface area contributed by atoms with Gasteiger partial charge in [-0.1, -0.05) is 0 Å². The molecule has 1 aliphatic rings. The van der Waals surface area contributed by atoms with Gasteiger partial charge in [0.05, 0.1) is 0 Å². The molecule has 1 fully saturated rings. The van der Waals surface area contributed by atoms with Crippen LogP contribution in [0.5, 0.6) is 0 Å². The quantitative estimate of drug-likeness (QED) is 0.849. The molecule has 0 spiro atoms. The van der Waals surface area contributed by atoms with E-state index >= 15 is 0 Å². The Morgan fingerprint density at radius 2 is 2.29 bits per heavy atom. The lowest BCUT2D eigenvalue weighted by Crippen LogP contribution is -2.28. The number of rotatable bonds is 5. The molecule has 92 valence electrons. The SMILES string of the molecule is CCN(CC1CC1)c1nccc(C)c1C(=O)O. The van der Waals surface area contributed by atoms with Gasteiger partial charge in [-0.2, -0.15) is 0 Å². The van der Waals surface area contributed by atoms with Crippen LogP contribution in [-0.4, -0.2) is 29.1 Å². The highest BCUT2D eigenvalue weighted by Gasteiger charge is 2.26. The summed E-state index contributed by atoms with van der Waals surface area (Å²) >= 11 is 0. The lowest BCUT2D eigenvalue weighted by atomic mass is 10.1. The van der Waals surface area contributed by atoms with Gasteiger partial charge in [-0.3, -0.25) is 0 Å². The predicted molar refractivity (Wildman–Crippen MR) is 66.5 cm³/mol. The molecular formula is C13H18N2O2. The van der Waals surface area contributed by atoms with E-state index in [2.05, 4.69) is 9.88 Å². The Kier molecular flexibility index (Phi) is 3.31. The lowest BCUT2D eigenvalue weighted by molar-refractivity contribution is 0.0696. The van der Waals surface area contributed by atoms with Crippen molar-refractivity contribution in [2.24, 2.45) is 5.92 Å². The van der Waals surface area contributed by atoms with Crippen LogP contribution in [0.4, 0.5) is 5.82 Å². The van der Waals surface area contributed by atoms with E-state index < -0.39 is 5.97 Å². The maximum atomic E-state index is 11.3. The summed E-state index contributed by atoms with van der Waals surface area (Å²) in [7, 11) is 0. The van der Waals surface area contributed by atoms with Crippen LogP contribution in [0, 0.1) is 12.8 Å². The highest BCUT2D eigenvalue weighted by molar-refractivity contribution is 5.94. The van der Waals surface area contributed by atoms with Gasteiger partial charge in [-0.05, 0) is 44.2 Å². The van der Waals surface area contributed by atoms with E-state index in [-0.39, 0.29) is 0 Å². The Bertz CT molecular complexity index is 427. The van der Waals surface area contributed by atoms with Gasteiger partial charge in [0.15, 0.2) is 0 Å². The summed E-state index contributed by atoms with van der Waals surface area (Å²) in [6.07, 6.45) is 4.20. The van der Waals surface area contributed by atoms with Crippen LogP contribution in [0.2, 0.25) is 0 Å². The average Bonchev–Trinajstić information content (AvgIpc) is 3.08. The number of anilines is 1. The zero-order valence-electron chi connectivity index (χ0n) is 10.3. The molecule has 1 aromatic heterocycles. The van der Waals surface area contributed by atoms with Crippen molar-refractivity contribution in [3.8, 4) is 0 Å². The van der Waals surface area contributed by atoms with Crippen LogP contribution < -0.4 is 4.90 Å². The monoisotopic (exact) mass is 234 g/mol. The Balaban J connectivity index is 2.33. The second-order valence-corrected chi connectivity index (χ2v) is 4.61. The number of aryl methyl sites for hydroxylation is 1. The van der Waals surface area contributed by atoms with Gasteiger partial charge in [0.25, 0.3) is 0 Å². The molecule has 0 radical (unpaired) electrons. The number of pyridine rings is 1. The second-order valence-electron chi connectivity index (χ2n) is 4.61. The fourth-order valence-corrected chi connectivity index (χ4v) is 2.03. The highest BCUT2D eigenvalue weighted by Crippen LogP contribution is 2.32. The van der Waals surface area contributed by atoms with Gasteiger partial charge < -0.3 is 10.0 Å². The third kappa shape index (κ3) is 2.57. The molecule has 0 atom stereocenters. The largest absolute Gasteiger partial charge is 0.478 e. The molecule has 2 rings (SSSR count). The first-order chi connectivity index (χ1) is 8.13. The van der Waals surface area contributed by atoms with Crippen molar-refractivity contribution in [3.05, 3.63) is 23.4 Å². The van der Waals surface area contributed by atoms with E-state index in [1.165, 1.54) is 12.8 Å². The van der Waals surface area contributed by atoms with Crippen LogP contribution in [0.15, 0.2) is 12.3 Å². The minimum atomic E-state index is -0.889. The van der Waals surface area contributed by atoms with Gasteiger partial charge in [-0.25, -0.2) is 9.78 Å². The third-order valence-corrected chi connectivity index (χ3v) is 3.21. The third-order valence-electron chi connectivity index (χ3n) is 3.21. The fourth-order valence-electron chi connectivity index (χ4n) is 2.03. The van der Waals surface area contributed by atoms with Gasteiger partial charge >= 0.3 is 5.97 Å². The molecule has 0 aliphatic heterocycles. The highest BCUT2D eigenvalue weighted by atomic mass is 16.4. The molecule has 4 heteroatoms. The summed E-state index contributed by atoms with van der Waals surface area (Å²) in [6.45, 7) is 5.58. The molecule has 0 unspecified atom stereocenters. The van der Waals surface area contributed by atoms with Gasteiger partial charge in [0.1, 0.15) is 11.4 Å². The number of hydrogen-bond donors (Lipinski definition) is 1. The number of aromatic carboxylic acids is 1.